The van der Waals surface area contributed by atoms with Gasteiger partial charge in [0.1, 0.15) is 6.61 Å². The zero-order valence-corrected chi connectivity index (χ0v) is 6.87. The van der Waals surface area contributed by atoms with Gasteiger partial charge in [0.2, 0.25) is 0 Å². The minimum atomic E-state index is 0.497. The van der Waals surface area contributed by atoms with Gasteiger partial charge < -0.3 is 4.74 Å². The molecule has 11 heavy (non-hydrogen) atoms. The fourth-order valence-corrected chi connectivity index (χ4v) is 1.21. The lowest BCUT2D eigenvalue weighted by atomic mass is 10.2. The van der Waals surface area contributed by atoms with E-state index in [2.05, 4.69) is 29.6 Å². The zero-order chi connectivity index (χ0) is 7.84. The Kier molecular flexibility index (Phi) is 1.37. The summed E-state index contributed by atoms with van der Waals surface area (Å²) in [5, 5.41) is 0. The quantitative estimate of drug-likeness (QED) is 0.608. The number of imidazole rings is 1. The van der Waals surface area contributed by atoms with Gasteiger partial charge in [-0.05, 0) is 5.92 Å². The van der Waals surface area contributed by atoms with Crippen molar-refractivity contribution in [3.05, 3.63) is 11.9 Å². The molecule has 0 N–H and O–H groups in total. The summed E-state index contributed by atoms with van der Waals surface area (Å²) in [6.07, 6.45) is 2.08. The lowest BCUT2D eigenvalue weighted by Gasteiger charge is -1.96. The predicted molar refractivity (Wildman–Crippen MR) is 41.8 cm³/mol. The summed E-state index contributed by atoms with van der Waals surface area (Å²) in [6.45, 7) is 6.01. The smallest absolute Gasteiger partial charge is 0.296 e. The van der Waals surface area contributed by atoms with Crippen LogP contribution >= 0.6 is 0 Å². The molecular formula is C8H12N2O. The SMILES string of the molecule is CC(C)c1cn2c(n1)OCC2. The first-order chi connectivity index (χ1) is 5.27. The molecule has 1 aromatic rings. The topological polar surface area (TPSA) is 27.1 Å². The second kappa shape index (κ2) is 2.26. The van der Waals surface area contributed by atoms with Crippen LogP contribution in [0.25, 0.3) is 0 Å². The highest BCUT2D eigenvalue weighted by Crippen LogP contribution is 2.21. The van der Waals surface area contributed by atoms with Crippen molar-refractivity contribution in [1.29, 1.82) is 0 Å². The Bertz CT molecular complexity index is 244. The van der Waals surface area contributed by atoms with Gasteiger partial charge in [-0.25, -0.2) is 4.98 Å². The van der Waals surface area contributed by atoms with Crippen LogP contribution in [0, 0.1) is 0 Å². The maximum absolute atomic E-state index is 5.28. The summed E-state index contributed by atoms with van der Waals surface area (Å²) >= 11 is 0. The van der Waals surface area contributed by atoms with E-state index >= 15 is 0 Å². The van der Waals surface area contributed by atoms with Gasteiger partial charge in [0.25, 0.3) is 6.01 Å². The maximum atomic E-state index is 5.28. The van der Waals surface area contributed by atoms with Crippen molar-refractivity contribution in [2.24, 2.45) is 0 Å². The highest BCUT2D eigenvalue weighted by Gasteiger charge is 2.15. The number of nitrogens with zero attached hydrogens (tertiary/aromatic N) is 2. The van der Waals surface area contributed by atoms with Crippen molar-refractivity contribution in [3.63, 3.8) is 0 Å². The van der Waals surface area contributed by atoms with E-state index in [0.29, 0.717) is 5.92 Å². The van der Waals surface area contributed by atoms with Crippen molar-refractivity contribution in [2.75, 3.05) is 6.61 Å². The highest BCUT2D eigenvalue weighted by molar-refractivity contribution is 5.13. The van der Waals surface area contributed by atoms with E-state index in [1.807, 2.05) is 0 Å². The molecule has 0 saturated heterocycles. The molecule has 0 fully saturated rings. The molecule has 2 heterocycles. The summed E-state index contributed by atoms with van der Waals surface area (Å²) in [5.74, 6) is 0.497. The third-order valence-electron chi connectivity index (χ3n) is 1.91. The van der Waals surface area contributed by atoms with Crippen LogP contribution in [0.3, 0.4) is 0 Å². The van der Waals surface area contributed by atoms with Gasteiger partial charge in [-0.15, -0.1) is 0 Å². The largest absolute Gasteiger partial charge is 0.463 e. The van der Waals surface area contributed by atoms with Crippen molar-refractivity contribution >= 4 is 0 Å². The molecule has 60 valence electrons. The van der Waals surface area contributed by atoms with Gasteiger partial charge >= 0.3 is 0 Å². The molecule has 0 amide bonds. The van der Waals surface area contributed by atoms with Gasteiger partial charge in [0.15, 0.2) is 0 Å². The number of rotatable bonds is 1. The molecule has 0 saturated carbocycles. The molecule has 0 atom stereocenters. The van der Waals surface area contributed by atoms with Crippen molar-refractivity contribution in [3.8, 4) is 6.01 Å². The van der Waals surface area contributed by atoms with Crippen molar-refractivity contribution < 1.29 is 4.74 Å². The summed E-state index contributed by atoms with van der Waals surface area (Å²) in [7, 11) is 0. The monoisotopic (exact) mass is 152 g/mol. The Hall–Kier alpha value is -0.990. The van der Waals surface area contributed by atoms with Crippen molar-refractivity contribution in [2.45, 2.75) is 26.3 Å². The average molecular weight is 152 g/mol. The molecule has 2 rings (SSSR count). The van der Waals surface area contributed by atoms with E-state index in [1.54, 1.807) is 0 Å². The third-order valence-corrected chi connectivity index (χ3v) is 1.91. The van der Waals surface area contributed by atoms with Crippen LogP contribution in [-0.4, -0.2) is 16.2 Å². The number of hydrogen-bond acceptors (Lipinski definition) is 2. The first-order valence-corrected chi connectivity index (χ1v) is 3.97. The molecule has 0 spiro atoms. The Balaban J connectivity index is 2.34. The summed E-state index contributed by atoms with van der Waals surface area (Å²) in [5.41, 5.74) is 1.12. The lowest BCUT2D eigenvalue weighted by Crippen LogP contribution is -1.94. The normalized spacial score (nSPS) is 15.2. The van der Waals surface area contributed by atoms with Gasteiger partial charge in [0.05, 0.1) is 12.2 Å². The van der Waals surface area contributed by atoms with E-state index in [1.165, 1.54) is 0 Å². The molecule has 0 aromatic carbocycles. The second-order valence-corrected chi connectivity index (χ2v) is 3.14. The van der Waals surface area contributed by atoms with Crippen LogP contribution in [0.15, 0.2) is 6.20 Å². The minimum absolute atomic E-state index is 0.497. The van der Waals surface area contributed by atoms with Crippen LogP contribution in [0.2, 0.25) is 0 Å². The van der Waals surface area contributed by atoms with Gasteiger partial charge in [-0.1, -0.05) is 13.8 Å². The van der Waals surface area contributed by atoms with E-state index < -0.39 is 0 Å². The molecule has 0 aliphatic carbocycles. The molecular weight excluding hydrogens is 140 g/mol. The predicted octanol–water partition coefficient (Wildman–Crippen LogP) is 1.40. The van der Waals surface area contributed by atoms with Crippen LogP contribution in [0.4, 0.5) is 0 Å². The number of aromatic nitrogens is 2. The summed E-state index contributed by atoms with van der Waals surface area (Å²) < 4.78 is 7.35. The second-order valence-electron chi connectivity index (χ2n) is 3.14. The van der Waals surface area contributed by atoms with Crippen molar-refractivity contribution in [1.82, 2.24) is 9.55 Å². The third kappa shape index (κ3) is 1.00. The van der Waals surface area contributed by atoms with Crippen LogP contribution in [0.5, 0.6) is 6.01 Å². The molecule has 0 radical (unpaired) electrons. The fraction of sp³-hybridized carbons (Fsp3) is 0.625. The Morgan fingerprint density at radius 1 is 1.64 bits per heavy atom. The standard InChI is InChI=1S/C8H12N2O/c1-6(2)7-5-10-3-4-11-8(10)9-7/h5-6H,3-4H2,1-2H3. The molecule has 3 nitrogen and oxygen atoms in total. The number of fused-ring (bicyclic) bond motifs is 1. The molecule has 1 aliphatic heterocycles. The van der Waals surface area contributed by atoms with Crippen LogP contribution in [0.1, 0.15) is 25.5 Å². The van der Waals surface area contributed by atoms with E-state index in [-0.39, 0.29) is 0 Å². The first-order valence-electron chi connectivity index (χ1n) is 3.97. The molecule has 1 aliphatic rings. The Labute approximate surface area is 66.0 Å². The summed E-state index contributed by atoms with van der Waals surface area (Å²) in [6, 6.07) is 0.786. The first kappa shape index (κ1) is 6.70. The molecule has 0 bridgehead atoms. The maximum Gasteiger partial charge on any atom is 0.296 e. The average Bonchev–Trinajstić information content (AvgIpc) is 2.40. The van der Waals surface area contributed by atoms with Crippen LogP contribution < -0.4 is 4.74 Å². The van der Waals surface area contributed by atoms with Gasteiger partial charge in [0, 0.05) is 6.20 Å². The molecule has 0 unspecified atom stereocenters. The van der Waals surface area contributed by atoms with E-state index in [4.69, 9.17) is 4.74 Å². The summed E-state index contributed by atoms with van der Waals surface area (Å²) in [4.78, 5) is 4.33. The fourth-order valence-electron chi connectivity index (χ4n) is 1.21. The van der Waals surface area contributed by atoms with Crippen LogP contribution in [-0.2, 0) is 6.54 Å². The minimum Gasteiger partial charge on any atom is -0.463 e. The highest BCUT2D eigenvalue weighted by atomic mass is 16.5. The number of hydrogen-bond donors (Lipinski definition) is 0. The lowest BCUT2D eigenvalue weighted by molar-refractivity contribution is 0.343. The molecule has 3 heteroatoms. The zero-order valence-electron chi connectivity index (χ0n) is 6.87. The Morgan fingerprint density at radius 3 is 3.09 bits per heavy atom. The van der Waals surface area contributed by atoms with E-state index in [0.717, 1.165) is 24.9 Å². The Morgan fingerprint density at radius 2 is 2.45 bits per heavy atom. The molecule has 1 aromatic heterocycles. The van der Waals surface area contributed by atoms with Gasteiger partial charge in [-0.2, -0.15) is 0 Å². The van der Waals surface area contributed by atoms with E-state index in [9.17, 15) is 0 Å². The van der Waals surface area contributed by atoms with Gasteiger partial charge in [-0.3, -0.25) is 4.57 Å². The number of ether oxygens (including phenoxy) is 1.